The van der Waals surface area contributed by atoms with E-state index in [1.165, 1.54) is 12.1 Å². The molecule has 0 aliphatic carbocycles. The second-order valence-corrected chi connectivity index (χ2v) is 2.56. The first-order valence-electron chi connectivity index (χ1n) is 3.60. The van der Waals surface area contributed by atoms with Crippen LogP contribution in [0.3, 0.4) is 0 Å². The number of fused-ring (bicyclic) bond motifs is 1. The van der Waals surface area contributed by atoms with Crippen molar-refractivity contribution in [3.05, 3.63) is 36.4 Å². The summed E-state index contributed by atoms with van der Waals surface area (Å²) >= 11 is 0. The average Bonchev–Trinajstić information content (AvgIpc) is 2.04. The molecule has 0 aliphatic rings. The number of hydrogen-bond acceptors (Lipinski definition) is 2. The fourth-order valence-electron chi connectivity index (χ4n) is 1.22. The second kappa shape index (κ2) is 2.41. The smallest absolute Gasteiger partial charge is 0.127 e. The lowest BCUT2D eigenvalue weighted by Crippen LogP contribution is -1.74. The molecule has 12 heavy (non-hydrogen) atoms. The van der Waals surface area contributed by atoms with Crippen LogP contribution in [0.15, 0.2) is 30.3 Å². The molecule has 0 atom stereocenters. The van der Waals surface area contributed by atoms with Crippen molar-refractivity contribution in [1.82, 2.24) is 0 Å². The van der Waals surface area contributed by atoms with E-state index in [4.69, 9.17) is 0 Å². The number of phenols is 2. The van der Waals surface area contributed by atoms with Crippen molar-refractivity contribution in [2.45, 2.75) is 0 Å². The largest absolute Gasteiger partial charge is 0.507 e. The molecule has 2 nitrogen and oxygen atoms in total. The zero-order valence-electron chi connectivity index (χ0n) is 6.28. The number of aromatic hydroxyl groups is 2. The maximum Gasteiger partial charge on any atom is 0.127 e. The van der Waals surface area contributed by atoms with Crippen LogP contribution in [0.25, 0.3) is 10.8 Å². The van der Waals surface area contributed by atoms with Crippen LogP contribution in [0, 0.1) is 6.07 Å². The molecule has 0 aliphatic heterocycles. The molecule has 2 N–H and O–H groups in total. The van der Waals surface area contributed by atoms with Gasteiger partial charge in [-0.3, -0.25) is 0 Å². The summed E-state index contributed by atoms with van der Waals surface area (Å²) in [4.78, 5) is 0. The molecule has 0 amide bonds. The van der Waals surface area contributed by atoms with Gasteiger partial charge in [-0.2, -0.15) is 0 Å². The van der Waals surface area contributed by atoms with Gasteiger partial charge in [0.25, 0.3) is 0 Å². The Bertz CT molecular complexity index is 384. The number of phenolic OH excluding ortho intramolecular Hbond substituents is 2. The van der Waals surface area contributed by atoms with E-state index in [1.54, 1.807) is 18.2 Å². The standard InChI is InChI=1S/C10H7O2/c11-8-5-1-3-7-4-2-6-9(12)10(7)8/h1-3,5-6,11-12H. The Morgan fingerprint density at radius 3 is 2.50 bits per heavy atom. The molecule has 0 unspecified atom stereocenters. The Morgan fingerprint density at radius 2 is 1.75 bits per heavy atom. The highest BCUT2D eigenvalue weighted by Crippen LogP contribution is 2.31. The van der Waals surface area contributed by atoms with Crippen molar-refractivity contribution in [2.75, 3.05) is 0 Å². The van der Waals surface area contributed by atoms with Crippen LogP contribution < -0.4 is 0 Å². The molecule has 0 heterocycles. The third-order valence-corrected chi connectivity index (χ3v) is 1.78. The molecular formula is C10H7O2. The predicted octanol–water partition coefficient (Wildman–Crippen LogP) is 2.05. The van der Waals surface area contributed by atoms with E-state index in [2.05, 4.69) is 6.07 Å². The van der Waals surface area contributed by atoms with Crippen LogP contribution >= 0.6 is 0 Å². The van der Waals surface area contributed by atoms with Crippen molar-refractivity contribution >= 4 is 10.8 Å². The van der Waals surface area contributed by atoms with Crippen molar-refractivity contribution in [3.63, 3.8) is 0 Å². The topological polar surface area (TPSA) is 40.5 Å². The van der Waals surface area contributed by atoms with E-state index >= 15 is 0 Å². The minimum absolute atomic E-state index is 0.0850. The molecule has 0 fully saturated rings. The van der Waals surface area contributed by atoms with E-state index < -0.39 is 0 Å². The van der Waals surface area contributed by atoms with E-state index in [0.29, 0.717) is 5.39 Å². The summed E-state index contributed by atoms with van der Waals surface area (Å²) in [6.45, 7) is 0. The molecule has 2 aromatic carbocycles. The van der Waals surface area contributed by atoms with E-state index in [-0.39, 0.29) is 11.5 Å². The number of benzene rings is 2. The second-order valence-electron chi connectivity index (χ2n) is 2.56. The van der Waals surface area contributed by atoms with Crippen LogP contribution in [0.2, 0.25) is 0 Å². The maximum atomic E-state index is 9.37. The normalized spacial score (nSPS) is 10.3. The zero-order chi connectivity index (χ0) is 8.55. The Morgan fingerprint density at radius 1 is 1.00 bits per heavy atom. The van der Waals surface area contributed by atoms with Crippen LogP contribution in [-0.2, 0) is 0 Å². The molecule has 1 radical (unpaired) electrons. The van der Waals surface area contributed by atoms with Crippen molar-refractivity contribution in [1.29, 1.82) is 0 Å². The van der Waals surface area contributed by atoms with Crippen LogP contribution in [0.5, 0.6) is 11.5 Å². The highest BCUT2D eigenvalue weighted by Gasteiger charge is 2.02. The molecule has 2 aromatic rings. The van der Waals surface area contributed by atoms with Crippen molar-refractivity contribution in [3.8, 4) is 11.5 Å². The summed E-state index contributed by atoms with van der Waals surface area (Å²) in [5.74, 6) is 0.170. The van der Waals surface area contributed by atoms with E-state index in [9.17, 15) is 10.2 Å². The van der Waals surface area contributed by atoms with Gasteiger partial charge >= 0.3 is 0 Å². The third-order valence-electron chi connectivity index (χ3n) is 1.78. The van der Waals surface area contributed by atoms with Crippen LogP contribution in [0.1, 0.15) is 0 Å². The van der Waals surface area contributed by atoms with Gasteiger partial charge in [0.05, 0.1) is 5.39 Å². The van der Waals surface area contributed by atoms with Crippen molar-refractivity contribution in [2.24, 2.45) is 0 Å². The number of hydrogen-bond donors (Lipinski definition) is 2. The summed E-state index contributed by atoms with van der Waals surface area (Å²) in [6.07, 6.45) is 0. The van der Waals surface area contributed by atoms with Gasteiger partial charge in [0.1, 0.15) is 11.5 Å². The fraction of sp³-hybridized carbons (Fsp3) is 0. The summed E-state index contributed by atoms with van der Waals surface area (Å²) in [5.41, 5.74) is 0. The highest BCUT2D eigenvalue weighted by atomic mass is 16.3. The SMILES string of the molecule is Oc1cc[c]c2cccc(O)c12. The van der Waals surface area contributed by atoms with Gasteiger partial charge < -0.3 is 10.2 Å². The van der Waals surface area contributed by atoms with Crippen molar-refractivity contribution < 1.29 is 10.2 Å². The first kappa shape index (κ1) is 6.98. The zero-order valence-corrected chi connectivity index (χ0v) is 6.28. The summed E-state index contributed by atoms with van der Waals surface area (Å²) in [7, 11) is 0. The Labute approximate surface area is 69.7 Å². The Kier molecular flexibility index (Phi) is 1.40. The first-order chi connectivity index (χ1) is 5.79. The Hall–Kier alpha value is -1.70. The van der Waals surface area contributed by atoms with Gasteiger partial charge in [-0.1, -0.05) is 18.2 Å². The molecule has 59 valence electrons. The van der Waals surface area contributed by atoms with E-state index in [0.717, 1.165) is 5.39 Å². The fourth-order valence-corrected chi connectivity index (χ4v) is 1.22. The molecule has 2 heteroatoms. The molecule has 2 rings (SSSR count). The summed E-state index contributed by atoms with van der Waals surface area (Å²) in [6, 6.07) is 11.1. The molecule has 0 spiro atoms. The first-order valence-corrected chi connectivity index (χ1v) is 3.60. The lowest BCUT2D eigenvalue weighted by molar-refractivity contribution is 0.464. The molecule has 0 saturated heterocycles. The quantitative estimate of drug-likeness (QED) is 0.617. The molecule has 0 bridgehead atoms. The molecular weight excluding hydrogens is 152 g/mol. The third kappa shape index (κ3) is 0.889. The summed E-state index contributed by atoms with van der Waals surface area (Å²) < 4.78 is 0. The van der Waals surface area contributed by atoms with Gasteiger partial charge in [-0.15, -0.1) is 0 Å². The number of rotatable bonds is 0. The van der Waals surface area contributed by atoms with Gasteiger partial charge in [0, 0.05) is 0 Å². The van der Waals surface area contributed by atoms with Crippen LogP contribution in [-0.4, -0.2) is 10.2 Å². The van der Waals surface area contributed by atoms with Crippen LogP contribution in [0.4, 0.5) is 0 Å². The minimum atomic E-state index is 0.0850. The molecule has 0 saturated carbocycles. The highest BCUT2D eigenvalue weighted by molar-refractivity contribution is 5.92. The van der Waals surface area contributed by atoms with Gasteiger partial charge in [-0.05, 0) is 23.6 Å². The lowest BCUT2D eigenvalue weighted by Gasteiger charge is -2.01. The summed E-state index contributed by atoms with van der Waals surface area (Å²) in [5, 5.41) is 19.9. The van der Waals surface area contributed by atoms with Gasteiger partial charge in [0.15, 0.2) is 0 Å². The lowest BCUT2D eigenvalue weighted by atomic mass is 10.1. The predicted molar refractivity (Wildman–Crippen MR) is 46.1 cm³/mol. The van der Waals surface area contributed by atoms with Gasteiger partial charge in [0.2, 0.25) is 0 Å². The van der Waals surface area contributed by atoms with Gasteiger partial charge in [-0.25, -0.2) is 0 Å². The monoisotopic (exact) mass is 159 g/mol. The Balaban J connectivity index is 2.96. The maximum absolute atomic E-state index is 9.37. The molecule has 0 aromatic heterocycles. The average molecular weight is 159 g/mol. The van der Waals surface area contributed by atoms with E-state index in [1.807, 2.05) is 0 Å². The minimum Gasteiger partial charge on any atom is -0.507 e.